The average molecular weight is 421 g/mol. The molecule has 0 aliphatic rings. The lowest BCUT2D eigenvalue weighted by molar-refractivity contribution is -0.140. The SMILES string of the molecule is COc1cc(OC)nc(N(C(C)=O)C(C(=O)O)C(c2ccccc2)c2ccccc2)n1. The second-order valence-corrected chi connectivity index (χ2v) is 6.72. The Bertz CT molecular complexity index is 982. The van der Waals surface area contributed by atoms with Gasteiger partial charge in [0.25, 0.3) is 0 Å². The van der Waals surface area contributed by atoms with Crippen LogP contribution in [0, 0.1) is 0 Å². The molecule has 0 spiro atoms. The third-order valence-corrected chi connectivity index (χ3v) is 4.80. The van der Waals surface area contributed by atoms with Crippen LogP contribution in [0.1, 0.15) is 24.0 Å². The predicted molar refractivity (Wildman–Crippen MR) is 114 cm³/mol. The van der Waals surface area contributed by atoms with Crippen LogP contribution in [0.4, 0.5) is 5.95 Å². The molecule has 8 heteroatoms. The first kappa shape index (κ1) is 21.8. The van der Waals surface area contributed by atoms with Gasteiger partial charge in [-0.2, -0.15) is 9.97 Å². The number of hydrogen-bond donors (Lipinski definition) is 1. The van der Waals surface area contributed by atoms with E-state index in [4.69, 9.17) is 9.47 Å². The number of aromatic nitrogens is 2. The third kappa shape index (κ3) is 4.80. The molecule has 1 heterocycles. The van der Waals surface area contributed by atoms with Crippen LogP contribution in [-0.2, 0) is 9.59 Å². The van der Waals surface area contributed by atoms with Gasteiger partial charge in [-0.3, -0.25) is 9.69 Å². The topological polar surface area (TPSA) is 102 Å². The van der Waals surface area contributed by atoms with Crippen LogP contribution in [0.5, 0.6) is 11.8 Å². The summed E-state index contributed by atoms with van der Waals surface area (Å²) in [6, 6.07) is 18.5. The monoisotopic (exact) mass is 421 g/mol. The highest BCUT2D eigenvalue weighted by molar-refractivity contribution is 5.97. The lowest BCUT2D eigenvalue weighted by Gasteiger charge is -2.33. The summed E-state index contributed by atoms with van der Waals surface area (Å²) in [5, 5.41) is 10.3. The van der Waals surface area contributed by atoms with Gasteiger partial charge in [-0.25, -0.2) is 4.79 Å². The number of aliphatic carboxylic acids is 1. The van der Waals surface area contributed by atoms with Gasteiger partial charge in [0.15, 0.2) is 0 Å². The zero-order valence-electron chi connectivity index (χ0n) is 17.4. The van der Waals surface area contributed by atoms with E-state index < -0.39 is 23.8 Å². The molecule has 31 heavy (non-hydrogen) atoms. The molecule has 3 rings (SSSR count). The highest BCUT2D eigenvalue weighted by Crippen LogP contribution is 2.34. The van der Waals surface area contributed by atoms with Gasteiger partial charge in [-0.15, -0.1) is 0 Å². The fraction of sp³-hybridized carbons (Fsp3) is 0.217. The van der Waals surface area contributed by atoms with Crippen molar-refractivity contribution in [2.45, 2.75) is 18.9 Å². The van der Waals surface area contributed by atoms with Gasteiger partial charge in [0, 0.05) is 12.8 Å². The van der Waals surface area contributed by atoms with Crippen molar-refractivity contribution in [3.8, 4) is 11.8 Å². The van der Waals surface area contributed by atoms with E-state index in [1.54, 1.807) is 0 Å². The number of nitrogens with zero attached hydrogens (tertiary/aromatic N) is 3. The molecule has 1 N–H and O–H groups in total. The number of amides is 1. The molecule has 2 aromatic carbocycles. The molecule has 0 saturated heterocycles. The van der Waals surface area contributed by atoms with Gasteiger partial charge in [0.05, 0.1) is 20.3 Å². The summed E-state index contributed by atoms with van der Waals surface area (Å²) < 4.78 is 10.4. The molecule has 0 bridgehead atoms. The second kappa shape index (κ2) is 9.71. The van der Waals surface area contributed by atoms with Gasteiger partial charge >= 0.3 is 5.97 Å². The number of carboxylic acid groups (broad SMARTS) is 1. The standard InChI is InChI=1S/C23H23N3O5/c1-15(27)26(23-24-18(30-2)14-19(25-23)31-3)21(22(28)29)20(16-10-6-4-7-11-16)17-12-8-5-9-13-17/h4-14,20-21H,1-3H3,(H,28,29). The molecule has 0 aliphatic heterocycles. The third-order valence-electron chi connectivity index (χ3n) is 4.80. The predicted octanol–water partition coefficient (Wildman–Crippen LogP) is 3.13. The Morgan fingerprint density at radius 1 is 0.871 bits per heavy atom. The molecule has 8 nitrogen and oxygen atoms in total. The first-order chi connectivity index (χ1) is 15.0. The van der Waals surface area contributed by atoms with E-state index in [-0.39, 0.29) is 17.7 Å². The van der Waals surface area contributed by atoms with Gasteiger partial charge < -0.3 is 14.6 Å². The van der Waals surface area contributed by atoms with Gasteiger partial charge in [0.1, 0.15) is 6.04 Å². The highest BCUT2D eigenvalue weighted by Gasteiger charge is 2.40. The molecule has 160 valence electrons. The minimum absolute atomic E-state index is 0.118. The number of anilines is 1. The summed E-state index contributed by atoms with van der Waals surface area (Å²) in [5.74, 6) is -2.23. The number of benzene rings is 2. The first-order valence-electron chi connectivity index (χ1n) is 9.55. The normalized spacial score (nSPS) is 11.6. The quantitative estimate of drug-likeness (QED) is 0.596. The van der Waals surface area contributed by atoms with E-state index in [0.29, 0.717) is 0 Å². The van der Waals surface area contributed by atoms with Crippen LogP contribution < -0.4 is 14.4 Å². The summed E-state index contributed by atoms with van der Waals surface area (Å²) in [6.07, 6.45) is 0. The lowest BCUT2D eigenvalue weighted by Crippen LogP contribution is -2.49. The van der Waals surface area contributed by atoms with Crippen LogP contribution in [0.3, 0.4) is 0 Å². The first-order valence-corrected chi connectivity index (χ1v) is 9.55. The van der Waals surface area contributed by atoms with Crippen LogP contribution in [0.25, 0.3) is 0 Å². The van der Waals surface area contributed by atoms with Gasteiger partial charge in [-0.1, -0.05) is 60.7 Å². The molecule has 1 aromatic heterocycles. The summed E-state index contributed by atoms with van der Waals surface area (Å²) >= 11 is 0. The Morgan fingerprint density at radius 3 is 1.68 bits per heavy atom. The van der Waals surface area contributed by atoms with E-state index in [2.05, 4.69) is 9.97 Å². The van der Waals surface area contributed by atoms with Crippen LogP contribution in [-0.4, -0.2) is 47.2 Å². The Kier molecular flexibility index (Phi) is 6.81. The zero-order valence-corrected chi connectivity index (χ0v) is 17.4. The number of carboxylic acids is 1. The maximum absolute atomic E-state index is 12.8. The van der Waals surface area contributed by atoms with Gasteiger partial charge in [0.2, 0.25) is 23.6 Å². The Hall–Kier alpha value is -3.94. The second-order valence-electron chi connectivity index (χ2n) is 6.72. The van der Waals surface area contributed by atoms with Gasteiger partial charge in [-0.05, 0) is 11.1 Å². The van der Waals surface area contributed by atoms with Crippen molar-refractivity contribution >= 4 is 17.8 Å². The number of carbonyl (C=O) groups is 2. The highest BCUT2D eigenvalue weighted by atomic mass is 16.5. The van der Waals surface area contributed by atoms with Crippen molar-refractivity contribution in [3.05, 3.63) is 77.9 Å². The van der Waals surface area contributed by atoms with E-state index >= 15 is 0 Å². The molecule has 1 atom stereocenters. The average Bonchev–Trinajstić information content (AvgIpc) is 2.79. The van der Waals surface area contributed by atoms with Crippen LogP contribution in [0.15, 0.2) is 66.7 Å². The fourth-order valence-electron chi connectivity index (χ4n) is 3.45. The molecule has 0 saturated carbocycles. The Labute approximate surface area is 180 Å². The molecule has 3 aromatic rings. The van der Waals surface area contributed by atoms with Crippen LogP contribution in [0.2, 0.25) is 0 Å². The molecular weight excluding hydrogens is 398 g/mol. The number of hydrogen-bond acceptors (Lipinski definition) is 6. The lowest BCUT2D eigenvalue weighted by atomic mass is 9.84. The Balaban J connectivity index is 2.23. The summed E-state index contributed by atoms with van der Waals surface area (Å²) in [4.78, 5) is 34.9. The molecule has 1 unspecified atom stereocenters. The van der Waals surface area contributed by atoms with E-state index in [0.717, 1.165) is 16.0 Å². The van der Waals surface area contributed by atoms with Crippen molar-refractivity contribution in [1.82, 2.24) is 9.97 Å². The summed E-state index contributed by atoms with van der Waals surface area (Å²) in [7, 11) is 2.82. The zero-order chi connectivity index (χ0) is 22.4. The minimum Gasteiger partial charge on any atom is -0.481 e. The van der Waals surface area contributed by atoms with Crippen LogP contribution >= 0.6 is 0 Å². The van der Waals surface area contributed by atoms with Crippen molar-refractivity contribution in [1.29, 1.82) is 0 Å². The molecular formula is C23H23N3O5. The van der Waals surface area contributed by atoms with Crippen molar-refractivity contribution < 1.29 is 24.2 Å². The fourth-order valence-corrected chi connectivity index (χ4v) is 3.45. The number of carbonyl (C=O) groups excluding carboxylic acids is 1. The molecule has 0 radical (unpaired) electrons. The number of rotatable bonds is 8. The Morgan fingerprint density at radius 2 is 1.32 bits per heavy atom. The maximum Gasteiger partial charge on any atom is 0.327 e. The molecule has 1 amide bonds. The largest absolute Gasteiger partial charge is 0.481 e. The number of ether oxygens (including phenoxy) is 2. The maximum atomic E-state index is 12.8. The van der Waals surface area contributed by atoms with Crippen molar-refractivity contribution in [3.63, 3.8) is 0 Å². The van der Waals surface area contributed by atoms with E-state index in [1.165, 1.54) is 27.2 Å². The summed E-state index contributed by atoms with van der Waals surface area (Å²) in [6.45, 7) is 1.28. The number of methoxy groups -OCH3 is 2. The van der Waals surface area contributed by atoms with E-state index in [9.17, 15) is 14.7 Å². The smallest absolute Gasteiger partial charge is 0.327 e. The van der Waals surface area contributed by atoms with Crippen molar-refractivity contribution in [2.24, 2.45) is 0 Å². The summed E-state index contributed by atoms with van der Waals surface area (Å²) in [5.41, 5.74) is 1.48. The van der Waals surface area contributed by atoms with Crippen molar-refractivity contribution in [2.75, 3.05) is 19.1 Å². The molecule has 0 aliphatic carbocycles. The molecule has 0 fully saturated rings. The van der Waals surface area contributed by atoms with E-state index in [1.807, 2.05) is 60.7 Å². The minimum atomic E-state index is -1.32.